The summed E-state index contributed by atoms with van der Waals surface area (Å²) in [5.41, 5.74) is 7.59. The van der Waals surface area contributed by atoms with E-state index in [1.807, 2.05) is 17.9 Å². The van der Waals surface area contributed by atoms with E-state index in [4.69, 9.17) is 5.73 Å². The van der Waals surface area contributed by atoms with Crippen LogP contribution in [0.4, 0.5) is 0 Å². The lowest BCUT2D eigenvalue weighted by molar-refractivity contribution is 0.0128. The number of aromatic nitrogens is 2. The Bertz CT molecular complexity index is 414. The topological polar surface area (TPSA) is 47.1 Å². The molecule has 3 atom stereocenters. The van der Waals surface area contributed by atoms with Crippen molar-refractivity contribution in [2.45, 2.75) is 45.2 Å². The molecule has 2 rings (SSSR count). The van der Waals surface area contributed by atoms with Crippen molar-refractivity contribution < 1.29 is 0 Å². The summed E-state index contributed by atoms with van der Waals surface area (Å²) in [7, 11) is 4.18. The lowest BCUT2D eigenvalue weighted by Gasteiger charge is -2.50. The predicted octanol–water partition coefficient (Wildman–Crippen LogP) is 2.01. The molecule has 1 saturated carbocycles. The summed E-state index contributed by atoms with van der Waals surface area (Å²) in [6.07, 6.45) is 7.84. The summed E-state index contributed by atoms with van der Waals surface area (Å²) in [4.78, 5) is 2.46. The van der Waals surface area contributed by atoms with Gasteiger partial charge in [0.25, 0.3) is 0 Å². The Hall–Kier alpha value is -0.870. The van der Waals surface area contributed by atoms with Gasteiger partial charge in [0.1, 0.15) is 0 Å². The van der Waals surface area contributed by atoms with Gasteiger partial charge in [-0.15, -0.1) is 0 Å². The summed E-state index contributed by atoms with van der Waals surface area (Å²) < 4.78 is 1.87. The first-order chi connectivity index (χ1) is 8.98. The number of rotatable bonds is 4. The monoisotopic (exact) mass is 264 g/mol. The van der Waals surface area contributed by atoms with E-state index in [0.29, 0.717) is 5.92 Å². The van der Waals surface area contributed by atoms with Gasteiger partial charge in [-0.05, 0) is 38.1 Å². The van der Waals surface area contributed by atoms with E-state index in [9.17, 15) is 0 Å². The molecule has 0 aliphatic heterocycles. The third-order valence-corrected chi connectivity index (χ3v) is 5.04. The molecule has 0 radical (unpaired) electrons. The molecule has 19 heavy (non-hydrogen) atoms. The van der Waals surface area contributed by atoms with Gasteiger partial charge in [-0.1, -0.05) is 13.8 Å². The molecular formula is C15H28N4. The summed E-state index contributed by atoms with van der Waals surface area (Å²) >= 11 is 0. The third-order valence-electron chi connectivity index (χ3n) is 5.04. The van der Waals surface area contributed by atoms with Crippen LogP contribution in [-0.2, 0) is 13.6 Å². The Morgan fingerprint density at radius 1 is 1.53 bits per heavy atom. The zero-order chi connectivity index (χ0) is 14.0. The van der Waals surface area contributed by atoms with Crippen LogP contribution < -0.4 is 5.73 Å². The zero-order valence-corrected chi connectivity index (χ0v) is 12.8. The molecule has 0 aromatic carbocycles. The fourth-order valence-corrected chi connectivity index (χ4v) is 3.69. The van der Waals surface area contributed by atoms with Crippen molar-refractivity contribution in [3.05, 3.63) is 18.0 Å². The van der Waals surface area contributed by atoms with Crippen LogP contribution in [-0.4, -0.2) is 33.8 Å². The lowest BCUT2D eigenvalue weighted by atomic mass is 9.69. The van der Waals surface area contributed by atoms with Gasteiger partial charge in [0, 0.05) is 37.4 Å². The molecule has 4 heteroatoms. The maximum Gasteiger partial charge on any atom is 0.0534 e. The first kappa shape index (κ1) is 14.5. The van der Waals surface area contributed by atoms with E-state index in [1.54, 1.807) is 0 Å². The molecule has 108 valence electrons. The summed E-state index contributed by atoms with van der Waals surface area (Å²) in [5.74, 6) is 1.49. The average molecular weight is 264 g/mol. The van der Waals surface area contributed by atoms with Gasteiger partial charge < -0.3 is 5.73 Å². The Kier molecular flexibility index (Phi) is 4.31. The molecule has 1 fully saturated rings. The van der Waals surface area contributed by atoms with E-state index < -0.39 is 0 Å². The van der Waals surface area contributed by atoms with Crippen molar-refractivity contribution in [3.63, 3.8) is 0 Å². The highest BCUT2D eigenvalue weighted by Crippen LogP contribution is 2.40. The van der Waals surface area contributed by atoms with Crippen molar-refractivity contribution in [3.8, 4) is 0 Å². The standard InChI is InChI=1S/C15H28N4/c1-12-5-6-15(11-16,13(2)7-12)18(3)9-14-8-17-19(4)10-14/h8,10,12-13H,5-7,9,11,16H2,1-4H3. The van der Waals surface area contributed by atoms with Gasteiger partial charge in [-0.3, -0.25) is 9.58 Å². The largest absolute Gasteiger partial charge is 0.329 e. The molecule has 4 nitrogen and oxygen atoms in total. The van der Waals surface area contributed by atoms with Crippen LogP contribution >= 0.6 is 0 Å². The van der Waals surface area contributed by atoms with Crippen molar-refractivity contribution in [1.82, 2.24) is 14.7 Å². The molecule has 0 amide bonds. The Morgan fingerprint density at radius 2 is 2.26 bits per heavy atom. The van der Waals surface area contributed by atoms with Crippen molar-refractivity contribution in [2.24, 2.45) is 24.6 Å². The lowest BCUT2D eigenvalue weighted by Crippen LogP contribution is -2.58. The number of hydrogen-bond acceptors (Lipinski definition) is 3. The van der Waals surface area contributed by atoms with E-state index in [-0.39, 0.29) is 5.54 Å². The maximum atomic E-state index is 6.17. The minimum atomic E-state index is 0.155. The zero-order valence-electron chi connectivity index (χ0n) is 12.8. The Labute approximate surface area is 117 Å². The molecule has 0 bridgehead atoms. The molecular weight excluding hydrogens is 236 g/mol. The van der Waals surface area contributed by atoms with Crippen LogP contribution in [0.1, 0.15) is 38.7 Å². The highest BCUT2D eigenvalue weighted by molar-refractivity contribution is 5.07. The minimum Gasteiger partial charge on any atom is -0.329 e. The number of nitrogens with zero attached hydrogens (tertiary/aromatic N) is 3. The molecule has 1 aromatic rings. The van der Waals surface area contributed by atoms with Gasteiger partial charge in [-0.25, -0.2) is 0 Å². The molecule has 1 heterocycles. The smallest absolute Gasteiger partial charge is 0.0534 e. The molecule has 1 aromatic heterocycles. The fourth-order valence-electron chi connectivity index (χ4n) is 3.69. The Balaban J connectivity index is 2.11. The van der Waals surface area contributed by atoms with Crippen LogP contribution in [0.5, 0.6) is 0 Å². The minimum absolute atomic E-state index is 0.155. The summed E-state index contributed by atoms with van der Waals surface area (Å²) in [5, 5.41) is 4.25. The first-order valence-corrected chi connectivity index (χ1v) is 7.37. The van der Waals surface area contributed by atoms with Crippen molar-refractivity contribution in [2.75, 3.05) is 13.6 Å². The number of likely N-dealkylation sites (N-methyl/N-ethyl adjacent to an activating group) is 1. The van der Waals surface area contributed by atoms with Crippen molar-refractivity contribution >= 4 is 0 Å². The van der Waals surface area contributed by atoms with Gasteiger partial charge in [-0.2, -0.15) is 5.10 Å². The molecule has 3 unspecified atom stereocenters. The SMILES string of the molecule is CC1CCC(CN)(N(C)Cc2cnn(C)c2)C(C)C1. The third kappa shape index (κ3) is 2.84. The second kappa shape index (κ2) is 5.63. The van der Waals surface area contributed by atoms with Crippen LogP contribution in [0.2, 0.25) is 0 Å². The number of nitrogens with two attached hydrogens (primary N) is 1. The van der Waals surface area contributed by atoms with Crippen LogP contribution in [0.25, 0.3) is 0 Å². The predicted molar refractivity (Wildman–Crippen MR) is 78.6 cm³/mol. The van der Waals surface area contributed by atoms with Crippen molar-refractivity contribution in [1.29, 1.82) is 0 Å². The normalized spacial score (nSPS) is 31.9. The fraction of sp³-hybridized carbons (Fsp3) is 0.800. The second-order valence-corrected chi connectivity index (χ2v) is 6.47. The van der Waals surface area contributed by atoms with Crippen LogP contribution in [0.15, 0.2) is 12.4 Å². The molecule has 2 N–H and O–H groups in total. The van der Waals surface area contributed by atoms with Gasteiger partial charge in [0.15, 0.2) is 0 Å². The number of aryl methyl sites for hydroxylation is 1. The summed E-state index contributed by atoms with van der Waals surface area (Å²) in [6.45, 7) is 6.40. The Morgan fingerprint density at radius 3 is 2.79 bits per heavy atom. The van der Waals surface area contributed by atoms with E-state index >= 15 is 0 Å². The second-order valence-electron chi connectivity index (χ2n) is 6.47. The average Bonchev–Trinajstić information content (AvgIpc) is 2.75. The molecule has 1 aliphatic carbocycles. The van der Waals surface area contributed by atoms with Crippen LogP contribution in [0.3, 0.4) is 0 Å². The number of hydrogen-bond donors (Lipinski definition) is 1. The quantitative estimate of drug-likeness (QED) is 0.905. The van der Waals surface area contributed by atoms with E-state index in [0.717, 1.165) is 19.0 Å². The van der Waals surface area contributed by atoms with E-state index in [1.165, 1.54) is 24.8 Å². The van der Waals surface area contributed by atoms with E-state index in [2.05, 4.69) is 37.1 Å². The maximum absolute atomic E-state index is 6.17. The van der Waals surface area contributed by atoms with Crippen LogP contribution in [0, 0.1) is 11.8 Å². The molecule has 1 aliphatic rings. The summed E-state index contributed by atoms with van der Waals surface area (Å²) in [6, 6.07) is 0. The first-order valence-electron chi connectivity index (χ1n) is 7.37. The molecule has 0 spiro atoms. The van der Waals surface area contributed by atoms with Gasteiger partial charge >= 0.3 is 0 Å². The van der Waals surface area contributed by atoms with Gasteiger partial charge in [0.2, 0.25) is 0 Å². The highest BCUT2D eigenvalue weighted by Gasteiger charge is 2.42. The van der Waals surface area contributed by atoms with Gasteiger partial charge in [0.05, 0.1) is 6.20 Å². The highest BCUT2D eigenvalue weighted by atomic mass is 15.3. The molecule has 0 saturated heterocycles.